The summed E-state index contributed by atoms with van der Waals surface area (Å²) >= 11 is 0. The fraction of sp³-hybridized carbons (Fsp3) is 0.833. The lowest BCUT2D eigenvalue weighted by atomic mass is 10.0. The van der Waals surface area contributed by atoms with Gasteiger partial charge in [-0.05, 0) is 12.3 Å². The van der Waals surface area contributed by atoms with Crippen LogP contribution in [0.2, 0.25) is 0 Å². The minimum atomic E-state index is 0.785. The van der Waals surface area contributed by atoms with E-state index >= 15 is 0 Å². The Morgan fingerprint density at radius 3 is 2.23 bits per heavy atom. The Morgan fingerprint density at radius 1 is 1.00 bits per heavy atom. The van der Waals surface area contributed by atoms with E-state index in [0.717, 1.165) is 18.8 Å². The van der Waals surface area contributed by atoms with Gasteiger partial charge in [0.1, 0.15) is 0 Å². The molecule has 0 N–H and O–H groups in total. The molecule has 1 heteroatoms. The van der Waals surface area contributed by atoms with Crippen molar-refractivity contribution in [3.8, 4) is 12.0 Å². The van der Waals surface area contributed by atoms with Crippen molar-refractivity contribution in [2.24, 2.45) is 5.92 Å². The zero-order valence-electron chi connectivity index (χ0n) is 8.94. The van der Waals surface area contributed by atoms with Gasteiger partial charge in [0.15, 0.2) is 6.11 Å². The number of rotatable bonds is 7. The van der Waals surface area contributed by atoms with Crippen LogP contribution >= 0.6 is 0 Å². The molecule has 0 fully saturated rings. The zero-order chi connectivity index (χ0) is 9.94. The topological polar surface area (TPSA) is 19.9 Å². The van der Waals surface area contributed by atoms with Gasteiger partial charge in [-0.2, -0.15) is 0 Å². The molecule has 0 aromatic carbocycles. The molecule has 0 aromatic heterocycles. The summed E-state index contributed by atoms with van der Waals surface area (Å²) < 4.78 is 0. The van der Waals surface area contributed by atoms with E-state index in [4.69, 9.17) is 0 Å². The first-order valence-corrected chi connectivity index (χ1v) is 5.37. The maximum Gasteiger partial charge on any atom is 0.172 e. The van der Waals surface area contributed by atoms with Gasteiger partial charge in [-0.3, -0.25) is 0 Å². The molecule has 0 saturated heterocycles. The third-order valence-corrected chi connectivity index (χ3v) is 2.16. The van der Waals surface area contributed by atoms with Gasteiger partial charge in [0, 0.05) is 6.42 Å². The zero-order valence-corrected chi connectivity index (χ0v) is 8.94. The van der Waals surface area contributed by atoms with E-state index in [1.807, 2.05) is 0 Å². The predicted octanol–water partition coefficient (Wildman–Crippen LogP) is 3.76. The van der Waals surface area contributed by atoms with Crippen molar-refractivity contribution < 1.29 is 5.11 Å². The summed E-state index contributed by atoms with van der Waals surface area (Å²) in [4.78, 5) is 0. The quantitative estimate of drug-likeness (QED) is 0.421. The van der Waals surface area contributed by atoms with Crippen LogP contribution in [0.15, 0.2) is 0 Å². The second-order valence-corrected chi connectivity index (χ2v) is 3.98. The molecule has 0 spiro atoms. The molecule has 0 bridgehead atoms. The molecule has 0 aliphatic heterocycles. The molecule has 75 valence electrons. The first-order valence-electron chi connectivity index (χ1n) is 5.37. The van der Waals surface area contributed by atoms with E-state index in [0.29, 0.717) is 0 Å². The standard InChI is InChI=1S/C12H21O/c1-12(2)10-8-6-4-3-5-7-9-11-13/h12H,3-8,10H2,1-2H3. The fourth-order valence-electron chi connectivity index (χ4n) is 1.35. The summed E-state index contributed by atoms with van der Waals surface area (Å²) in [6.07, 6.45) is 10.1. The van der Waals surface area contributed by atoms with E-state index < -0.39 is 0 Å². The lowest BCUT2D eigenvalue weighted by molar-refractivity contribution is 0.391. The first-order chi connectivity index (χ1) is 6.27. The highest BCUT2D eigenvalue weighted by molar-refractivity contribution is 4.88. The summed E-state index contributed by atoms with van der Waals surface area (Å²) in [5, 5.41) is 9.78. The Morgan fingerprint density at radius 2 is 1.62 bits per heavy atom. The van der Waals surface area contributed by atoms with Crippen LogP contribution < -0.4 is 0 Å². The van der Waals surface area contributed by atoms with Crippen LogP contribution in [-0.4, -0.2) is 0 Å². The largest absolute Gasteiger partial charge is 0.224 e. The van der Waals surface area contributed by atoms with Gasteiger partial charge < -0.3 is 0 Å². The van der Waals surface area contributed by atoms with Crippen LogP contribution in [0.1, 0.15) is 58.8 Å². The molecule has 0 aromatic rings. The highest BCUT2D eigenvalue weighted by Crippen LogP contribution is 2.10. The van der Waals surface area contributed by atoms with Gasteiger partial charge in [0.25, 0.3) is 0 Å². The first kappa shape index (κ1) is 12.4. The van der Waals surface area contributed by atoms with Crippen molar-refractivity contribution >= 4 is 0 Å². The summed E-state index contributed by atoms with van der Waals surface area (Å²) in [6.45, 7) is 4.54. The van der Waals surface area contributed by atoms with E-state index in [-0.39, 0.29) is 0 Å². The number of hydrogen-bond donors (Lipinski definition) is 0. The van der Waals surface area contributed by atoms with Crippen molar-refractivity contribution in [1.29, 1.82) is 0 Å². The predicted molar refractivity (Wildman–Crippen MR) is 55.6 cm³/mol. The minimum Gasteiger partial charge on any atom is -0.224 e. The van der Waals surface area contributed by atoms with Gasteiger partial charge in [-0.25, -0.2) is 5.11 Å². The van der Waals surface area contributed by atoms with Crippen LogP contribution in [0.4, 0.5) is 0 Å². The van der Waals surface area contributed by atoms with Gasteiger partial charge in [0.05, 0.1) is 0 Å². The highest BCUT2D eigenvalue weighted by atomic mass is 16.2. The third-order valence-electron chi connectivity index (χ3n) is 2.16. The van der Waals surface area contributed by atoms with Crippen LogP contribution in [0.3, 0.4) is 0 Å². The van der Waals surface area contributed by atoms with Crippen molar-refractivity contribution in [3.05, 3.63) is 0 Å². The molecule has 0 heterocycles. The summed E-state index contributed by atoms with van der Waals surface area (Å²) in [5.74, 6) is 3.39. The van der Waals surface area contributed by atoms with E-state index in [2.05, 4.69) is 19.8 Å². The summed E-state index contributed by atoms with van der Waals surface area (Å²) in [6, 6.07) is 0. The average molecular weight is 181 g/mol. The fourth-order valence-corrected chi connectivity index (χ4v) is 1.35. The second kappa shape index (κ2) is 9.45. The maximum absolute atomic E-state index is 9.78. The lowest BCUT2D eigenvalue weighted by Crippen LogP contribution is -1.86. The molecule has 0 unspecified atom stereocenters. The number of unbranched alkanes of at least 4 members (excludes halogenated alkanes) is 5. The van der Waals surface area contributed by atoms with Gasteiger partial charge in [-0.1, -0.05) is 51.9 Å². The van der Waals surface area contributed by atoms with Crippen molar-refractivity contribution in [2.45, 2.75) is 58.8 Å². The Labute approximate surface area is 82.5 Å². The Balaban J connectivity index is 2.94. The van der Waals surface area contributed by atoms with E-state index in [1.165, 1.54) is 32.1 Å². The van der Waals surface area contributed by atoms with Crippen molar-refractivity contribution in [1.82, 2.24) is 0 Å². The van der Waals surface area contributed by atoms with Gasteiger partial charge in [-0.15, -0.1) is 0 Å². The molecule has 0 aliphatic rings. The Hall–Kier alpha value is -0.640. The second-order valence-electron chi connectivity index (χ2n) is 3.98. The highest BCUT2D eigenvalue weighted by Gasteiger charge is 1.93. The van der Waals surface area contributed by atoms with Crippen LogP contribution in [-0.2, 0) is 5.11 Å². The Bertz CT molecular complexity index is 150. The SMILES string of the molecule is CC(C)CCCCCCCC#C[O]. The maximum atomic E-state index is 9.78. The number of hydrogen-bond acceptors (Lipinski definition) is 0. The molecule has 13 heavy (non-hydrogen) atoms. The van der Waals surface area contributed by atoms with Crippen LogP contribution in [0.25, 0.3) is 0 Å². The summed E-state index contributed by atoms with van der Waals surface area (Å²) in [5.41, 5.74) is 0. The minimum absolute atomic E-state index is 0.785. The molecule has 1 nitrogen and oxygen atoms in total. The summed E-state index contributed by atoms with van der Waals surface area (Å²) in [7, 11) is 0. The molecule has 0 saturated carbocycles. The molecular formula is C12H21O. The third kappa shape index (κ3) is 11.4. The van der Waals surface area contributed by atoms with Gasteiger partial charge in [0.2, 0.25) is 0 Å². The van der Waals surface area contributed by atoms with Crippen LogP contribution in [0, 0.1) is 17.9 Å². The van der Waals surface area contributed by atoms with E-state index in [1.54, 1.807) is 6.11 Å². The molecule has 0 amide bonds. The average Bonchev–Trinajstić information content (AvgIpc) is 2.09. The smallest absolute Gasteiger partial charge is 0.172 e. The van der Waals surface area contributed by atoms with Crippen molar-refractivity contribution in [2.75, 3.05) is 0 Å². The molecule has 1 radical (unpaired) electrons. The van der Waals surface area contributed by atoms with Gasteiger partial charge >= 0.3 is 0 Å². The molecule has 0 atom stereocenters. The molecule has 0 rings (SSSR count). The van der Waals surface area contributed by atoms with E-state index in [9.17, 15) is 5.11 Å². The Kier molecular flexibility index (Phi) is 8.98. The molecular weight excluding hydrogens is 160 g/mol. The van der Waals surface area contributed by atoms with Crippen molar-refractivity contribution in [3.63, 3.8) is 0 Å². The normalized spacial score (nSPS) is 9.77. The molecule has 0 aliphatic carbocycles. The lowest BCUT2D eigenvalue weighted by Gasteiger charge is -2.03. The monoisotopic (exact) mass is 181 g/mol. The van der Waals surface area contributed by atoms with Crippen LogP contribution in [0.5, 0.6) is 0 Å².